The van der Waals surface area contributed by atoms with E-state index in [2.05, 4.69) is 52.3 Å². The van der Waals surface area contributed by atoms with E-state index in [1.54, 1.807) is 0 Å². The van der Waals surface area contributed by atoms with E-state index >= 15 is 0 Å². The molecule has 0 aliphatic carbocycles. The van der Waals surface area contributed by atoms with Crippen molar-refractivity contribution >= 4 is 16.8 Å². The number of H-pyrrole nitrogens is 1. The van der Waals surface area contributed by atoms with Gasteiger partial charge in [0.2, 0.25) is 5.91 Å². The summed E-state index contributed by atoms with van der Waals surface area (Å²) in [6.07, 6.45) is 3.70. The standard InChI is InChI=1S/C21H20N2O/c24-19-11-5-10-18-15-8-4-9-17-20(15)16(12-13-23(18)19)21(22-17)14-6-2-1-3-7-14/h1-4,6-9,18,22H,5,10-13H2. The van der Waals surface area contributed by atoms with Crippen molar-refractivity contribution in [3.8, 4) is 11.3 Å². The van der Waals surface area contributed by atoms with Gasteiger partial charge >= 0.3 is 0 Å². The Morgan fingerprint density at radius 2 is 1.88 bits per heavy atom. The molecule has 0 spiro atoms. The lowest BCUT2D eigenvalue weighted by molar-refractivity contribution is -0.136. The van der Waals surface area contributed by atoms with Crippen LogP contribution in [0.5, 0.6) is 0 Å². The van der Waals surface area contributed by atoms with Crippen LogP contribution in [-0.4, -0.2) is 22.3 Å². The van der Waals surface area contributed by atoms with Crippen molar-refractivity contribution in [3.05, 3.63) is 59.7 Å². The van der Waals surface area contributed by atoms with Gasteiger partial charge in [-0.2, -0.15) is 0 Å². The molecule has 1 unspecified atom stereocenters. The van der Waals surface area contributed by atoms with Gasteiger partial charge in [-0.1, -0.05) is 42.5 Å². The maximum Gasteiger partial charge on any atom is 0.223 e. The number of piperidine rings is 1. The van der Waals surface area contributed by atoms with Crippen LogP contribution in [0.15, 0.2) is 48.5 Å². The minimum atomic E-state index is 0.246. The van der Waals surface area contributed by atoms with Crippen molar-refractivity contribution in [1.82, 2.24) is 9.88 Å². The number of fused-ring (bicyclic) bond motifs is 2. The second-order valence-corrected chi connectivity index (χ2v) is 6.86. The first-order chi connectivity index (χ1) is 11.8. The van der Waals surface area contributed by atoms with Crippen LogP contribution in [0.3, 0.4) is 0 Å². The normalized spacial score (nSPS) is 20.1. The molecule has 1 N–H and O–H groups in total. The van der Waals surface area contributed by atoms with Crippen molar-refractivity contribution in [3.63, 3.8) is 0 Å². The molecule has 1 fully saturated rings. The first kappa shape index (κ1) is 13.8. The maximum atomic E-state index is 12.4. The van der Waals surface area contributed by atoms with Crippen molar-refractivity contribution in [1.29, 1.82) is 0 Å². The number of aromatic nitrogens is 1. The predicted molar refractivity (Wildman–Crippen MR) is 95.7 cm³/mol. The lowest BCUT2D eigenvalue weighted by Crippen LogP contribution is -2.38. The minimum Gasteiger partial charge on any atom is -0.354 e. The van der Waals surface area contributed by atoms with Crippen LogP contribution in [0, 0.1) is 0 Å². The molecule has 0 saturated carbocycles. The molecule has 2 aliphatic rings. The van der Waals surface area contributed by atoms with E-state index in [1.165, 1.54) is 33.3 Å². The highest BCUT2D eigenvalue weighted by Gasteiger charge is 2.33. The molecule has 1 atom stereocenters. The van der Waals surface area contributed by atoms with Crippen molar-refractivity contribution < 1.29 is 4.79 Å². The molecule has 24 heavy (non-hydrogen) atoms. The van der Waals surface area contributed by atoms with Gasteiger partial charge in [-0.25, -0.2) is 0 Å². The number of nitrogens with zero attached hydrogens (tertiary/aromatic N) is 1. The molecule has 3 heterocycles. The van der Waals surface area contributed by atoms with Gasteiger partial charge in [-0.05, 0) is 42.0 Å². The summed E-state index contributed by atoms with van der Waals surface area (Å²) in [5.41, 5.74) is 6.33. The fourth-order valence-corrected chi connectivity index (χ4v) is 4.48. The Kier molecular flexibility index (Phi) is 3.02. The van der Waals surface area contributed by atoms with E-state index < -0.39 is 0 Å². The highest BCUT2D eigenvalue weighted by atomic mass is 16.2. The van der Waals surface area contributed by atoms with Gasteiger partial charge in [0.05, 0.1) is 6.04 Å². The second-order valence-electron chi connectivity index (χ2n) is 6.86. The molecule has 5 rings (SSSR count). The summed E-state index contributed by atoms with van der Waals surface area (Å²) in [7, 11) is 0. The van der Waals surface area contributed by atoms with Gasteiger partial charge in [0.1, 0.15) is 0 Å². The first-order valence-electron chi connectivity index (χ1n) is 8.81. The third-order valence-corrected chi connectivity index (χ3v) is 5.55. The van der Waals surface area contributed by atoms with Crippen molar-refractivity contribution in [2.75, 3.05) is 6.54 Å². The van der Waals surface area contributed by atoms with Crippen LogP contribution in [0.25, 0.3) is 22.2 Å². The number of benzene rings is 2. The Balaban J connectivity index is 1.76. The number of hydrogen-bond acceptors (Lipinski definition) is 1. The lowest BCUT2D eigenvalue weighted by Gasteiger charge is -2.35. The summed E-state index contributed by atoms with van der Waals surface area (Å²) in [4.78, 5) is 18.2. The van der Waals surface area contributed by atoms with Gasteiger partial charge < -0.3 is 9.88 Å². The number of hydrogen-bond donors (Lipinski definition) is 1. The first-order valence-corrected chi connectivity index (χ1v) is 8.81. The molecule has 0 radical (unpaired) electrons. The van der Waals surface area contributed by atoms with E-state index in [0.717, 1.165) is 25.8 Å². The molecule has 2 aromatic carbocycles. The van der Waals surface area contributed by atoms with E-state index in [0.29, 0.717) is 12.3 Å². The Hall–Kier alpha value is -2.55. The summed E-state index contributed by atoms with van der Waals surface area (Å²) in [5.74, 6) is 0.318. The molecule has 2 aliphatic heterocycles. The largest absolute Gasteiger partial charge is 0.354 e. The third-order valence-electron chi connectivity index (χ3n) is 5.55. The minimum absolute atomic E-state index is 0.246. The predicted octanol–water partition coefficient (Wildman–Crippen LogP) is 4.44. The molecule has 120 valence electrons. The van der Waals surface area contributed by atoms with Crippen molar-refractivity contribution in [2.24, 2.45) is 0 Å². The van der Waals surface area contributed by atoms with E-state index in [1.807, 2.05) is 6.07 Å². The topological polar surface area (TPSA) is 36.1 Å². The Bertz CT molecular complexity index is 926. The number of rotatable bonds is 1. The zero-order valence-corrected chi connectivity index (χ0v) is 13.6. The zero-order valence-electron chi connectivity index (χ0n) is 13.6. The van der Waals surface area contributed by atoms with Crippen LogP contribution in [0.2, 0.25) is 0 Å². The van der Waals surface area contributed by atoms with Gasteiger partial charge in [0.25, 0.3) is 0 Å². The Labute approximate surface area is 141 Å². The second kappa shape index (κ2) is 5.23. The zero-order chi connectivity index (χ0) is 16.1. The van der Waals surface area contributed by atoms with E-state index in [-0.39, 0.29) is 6.04 Å². The number of carbonyl (C=O) groups is 1. The van der Waals surface area contributed by atoms with Crippen molar-refractivity contribution in [2.45, 2.75) is 31.7 Å². The van der Waals surface area contributed by atoms with Gasteiger partial charge in [0, 0.05) is 29.6 Å². The van der Waals surface area contributed by atoms with Crippen LogP contribution in [0.1, 0.15) is 36.4 Å². The highest BCUT2D eigenvalue weighted by Crippen LogP contribution is 2.42. The molecule has 3 aromatic rings. The number of aromatic amines is 1. The fourth-order valence-electron chi connectivity index (χ4n) is 4.48. The van der Waals surface area contributed by atoms with E-state index in [4.69, 9.17) is 0 Å². The summed E-state index contributed by atoms with van der Waals surface area (Å²) in [6.45, 7) is 0.824. The molecule has 0 bridgehead atoms. The average Bonchev–Trinajstić information content (AvgIpc) is 2.90. The summed E-state index contributed by atoms with van der Waals surface area (Å²) < 4.78 is 0. The Morgan fingerprint density at radius 1 is 1.00 bits per heavy atom. The molecule has 1 saturated heterocycles. The fraction of sp³-hybridized carbons (Fsp3) is 0.286. The SMILES string of the molecule is O=C1CCCC2c3cccc4[nH]c(-c5ccccc5)c(c34)CCN12. The molecule has 3 heteroatoms. The molecule has 1 aromatic heterocycles. The van der Waals surface area contributed by atoms with Crippen LogP contribution in [-0.2, 0) is 11.2 Å². The maximum absolute atomic E-state index is 12.4. The summed E-state index contributed by atoms with van der Waals surface area (Å²) >= 11 is 0. The highest BCUT2D eigenvalue weighted by molar-refractivity contribution is 5.94. The molecule has 3 nitrogen and oxygen atoms in total. The molecule has 1 amide bonds. The van der Waals surface area contributed by atoms with Crippen LogP contribution in [0.4, 0.5) is 0 Å². The number of carbonyl (C=O) groups excluding carboxylic acids is 1. The number of amides is 1. The monoisotopic (exact) mass is 316 g/mol. The summed E-state index contributed by atoms with van der Waals surface area (Å²) in [5, 5.41) is 1.35. The number of nitrogens with one attached hydrogen (secondary N) is 1. The summed E-state index contributed by atoms with van der Waals surface area (Å²) in [6, 6.07) is 17.3. The third kappa shape index (κ3) is 1.94. The molecular weight excluding hydrogens is 296 g/mol. The Morgan fingerprint density at radius 3 is 2.75 bits per heavy atom. The smallest absolute Gasteiger partial charge is 0.223 e. The van der Waals surface area contributed by atoms with Gasteiger partial charge in [0.15, 0.2) is 0 Å². The van der Waals surface area contributed by atoms with E-state index in [9.17, 15) is 4.79 Å². The van der Waals surface area contributed by atoms with Crippen LogP contribution >= 0.6 is 0 Å². The van der Waals surface area contributed by atoms with Crippen LogP contribution < -0.4 is 0 Å². The van der Waals surface area contributed by atoms with Gasteiger partial charge in [-0.3, -0.25) is 4.79 Å². The lowest BCUT2D eigenvalue weighted by atomic mass is 9.92. The van der Waals surface area contributed by atoms with Gasteiger partial charge in [-0.15, -0.1) is 0 Å². The quantitative estimate of drug-likeness (QED) is 0.707. The average molecular weight is 316 g/mol. The molecular formula is C21H20N2O.